The van der Waals surface area contributed by atoms with Gasteiger partial charge in [0, 0.05) is 12.6 Å². The summed E-state index contributed by atoms with van der Waals surface area (Å²) in [5, 5.41) is 7.90. The van der Waals surface area contributed by atoms with Gasteiger partial charge in [-0.05, 0) is 37.0 Å². The van der Waals surface area contributed by atoms with Gasteiger partial charge in [0.15, 0.2) is 0 Å². The molecule has 32 heavy (non-hydrogen) atoms. The van der Waals surface area contributed by atoms with Gasteiger partial charge in [-0.15, -0.1) is 23.4 Å². The molecule has 1 aliphatic rings. The largest absolute Gasteiger partial charge is 0.573 e. The van der Waals surface area contributed by atoms with Crippen molar-refractivity contribution >= 4 is 10.0 Å². The van der Waals surface area contributed by atoms with Gasteiger partial charge in [-0.25, -0.2) is 8.42 Å². The smallest absolute Gasteiger partial charge is 0.404 e. The number of halogens is 3. The Labute approximate surface area is 183 Å². The van der Waals surface area contributed by atoms with Gasteiger partial charge in [-0.3, -0.25) is 0 Å². The highest BCUT2D eigenvalue weighted by atomic mass is 32.2. The van der Waals surface area contributed by atoms with Crippen LogP contribution < -0.4 is 4.74 Å². The van der Waals surface area contributed by atoms with E-state index >= 15 is 0 Å². The molecule has 2 heterocycles. The van der Waals surface area contributed by atoms with Crippen LogP contribution in [0.1, 0.15) is 24.2 Å². The summed E-state index contributed by atoms with van der Waals surface area (Å²) >= 11 is 0. The minimum absolute atomic E-state index is 0.111. The highest BCUT2D eigenvalue weighted by Gasteiger charge is 2.38. The molecule has 2 aromatic carbocycles. The monoisotopic (exact) mass is 466 g/mol. The molecule has 1 aliphatic heterocycles. The number of hydrogen-bond acceptors (Lipinski definition) is 5. The summed E-state index contributed by atoms with van der Waals surface area (Å²) in [5.74, 6) is -0.331. The van der Waals surface area contributed by atoms with Gasteiger partial charge in [0.05, 0.1) is 6.54 Å². The second kappa shape index (κ2) is 8.91. The van der Waals surface area contributed by atoms with E-state index in [2.05, 4.69) is 14.9 Å². The molecular weight excluding hydrogens is 445 g/mol. The Morgan fingerprint density at radius 3 is 2.53 bits per heavy atom. The minimum atomic E-state index is -5.02. The van der Waals surface area contributed by atoms with E-state index in [9.17, 15) is 21.6 Å². The maximum Gasteiger partial charge on any atom is 0.573 e. The van der Waals surface area contributed by atoms with Crippen LogP contribution in [0.15, 0.2) is 65.8 Å². The van der Waals surface area contributed by atoms with Gasteiger partial charge in [-0.2, -0.15) is 4.31 Å². The molecule has 3 aromatic rings. The number of ether oxygens (including phenoxy) is 1. The van der Waals surface area contributed by atoms with Crippen molar-refractivity contribution in [1.82, 2.24) is 19.1 Å². The van der Waals surface area contributed by atoms with Crippen LogP contribution in [0.4, 0.5) is 13.2 Å². The fraction of sp³-hybridized carbons (Fsp3) is 0.333. The zero-order chi connectivity index (χ0) is 22.8. The molecule has 0 spiro atoms. The Morgan fingerprint density at radius 1 is 1.06 bits per heavy atom. The van der Waals surface area contributed by atoms with E-state index in [0.717, 1.165) is 17.7 Å². The average molecular weight is 466 g/mol. The zero-order valence-electron chi connectivity index (χ0n) is 16.9. The summed E-state index contributed by atoms with van der Waals surface area (Å²) < 4.78 is 73.3. The van der Waals surface area contributed by atoms with Crippen molar-refractivity contribution < 1.29 is 26.3 Å². The standard InChI is InChI=1S/C21H21F3N4O3S/c22-21(23,24)31-18-10-4-5-11-19(18)32(29,30)28-14-20-26-25-15-27(20)12-6-9-17(28)13-16-7-2-1-3-8-16/h1-5,7-8,10-11,15,17H,6,9,12-14H2. The number of sulfonamides is 1. The maximum atomic E-state index is 13.7. The number of fused-ring (bicyclic) bond motifs is 1. The van der Waals surface area contributed by atoms with Crippen LogP contribution in [0.5, 0.6) is 5.75 Å². The number of aryl methyl sites for hydroxylation is 1. The molecule has 1 unspecified atom stereocenters. The number of rotatable bonds is 5. The van der Waals surface area contributed by atoms with Gasteiger partial charge in [0.1, 0.15) is 22.8 Å². The van der Waals surface area contributed by atoms with Crippen molar-refractivity contribution in [2.45, 2.75) is 49.7 Å². The molecule has 0 bridgehead atoms. The molecule has 11 heteroatoms. The predicted octanol–water partition coefficient (Wildman–Crippen LogP) is 3.77. The van der Waals surface area contributed by atoms with Crippen LogP contribution >= 0.6 is 0 Å². The molecule has 0 saturated carbocycles. The number of alkyl halides is 3. The van der Waals surface area contributed by atoms with E-state index in [1.165, 1.54) is 22.8 Å². The molecule has 1 atom stereocenters. The van der Waals surface area contributed by atoms with Crippen molar-refractivity contribution in [3.63, 3.8) is 0 Å². The van der Waals surface area contributed by atoms with Crippen LogP contribution in [0, 0.1) is 0 Å². The molecular formula is C21H21F3N4O3S. The number of hydrogen-bond donors (Lipinski definition) is 0. The molecule has 7 nitrogen and oxygen atoms in total. The van der Waals surface area contributed by atoms with E-state index in [1.807, 2.05) is 30.3 Å². The van der Waals surface area contributed by atoms with Crippen molar-refractivity contribution in [1.29, 1.82) is 0 Å². The summed E-state index contributed by atoms with van der Waals surface area (Å²) in [6.45, 7) is 0.523. The average Bonchev–Trinajstić information content (AvgIpc) is 3.16. The summed E-state index contributed by atoms with van der Waals surface area (Å²) in [4.78, 5) is -0.540. The first-order valence-electron chi connectivity index (χ1n) is 10.0. The van der Waals surface area contributed by atoms with E-state index in [1.54, 1.807) is 4.57 Å². The van der Waals surface area contributed by atoms with E-state index in [0.29, 0.717) is 31.6 Å². The maximum absolute atomic E-state index is 13.7. The molecule has 1 aromatic heterocycles. The van der Waals surface area contributed by atoms with Crippen LogP contribution in [0.2, 0.25) is 0 Å². The second-order valence-electron chi connectivity index (χ2n) is 7.47. The molecule has 0 radical (unpaired) electrons. The summed E-state index contributed by atoms with van der Waals surface area (Å²) in [5.41, 5.74) is 0.930. The number of aromatic nitrogens is 3. The van der Waals surface area contributed by atoms with Crippen molar-refractivity contribution in [3.05, 3.63) is 72.3 Å². The third-order valence-electron chi connectivity index (χ3n) is 5.31. The van der Waals surface area contributed by atoms with Gasteiger partial charge < -0.3 is 9.30 Å². The first-order valence-corrected chi connectivity index (χ1v) is 11.5. The highest BCUT2D eigenvalue weighted by molar-refractivity contribution is 7.89. The topological polar surface area (TPSA) is 77.3 Å². The Kier molecular flexibility index (Phi) is 6.20. The van der Waals surface area contributed by atoms with Crippen LogP contribution in [-0.2, 0) is 29.5 Å². The lowest BCUT2D eigenvalue weighted by Gasteiger charge is -2.33. The molecule has 0 amide bonds. The van der Waals surface area contributed by atoms with Crippen molar-refractivity contribution in [2.75, 3.05) is 0 Å². The first kappa shape index (κ1) is 22.3. The molecule has 0 saturated heterocycles. The summed E-state index contributed by atoms with van der Waals surface area (Å²) in [6.07, 6.45) is -1.90. The lowest BCUT2D eigenvalue weighted by molar-refractivity contribution is -0.275. The normalized spacial score (nSPS) is 17.9. The molecule has 0 fully saturated rings. The molecule has 0 aliphatic carbocycles. The van der Waals surface area contributed by atoms with E-state index in [4.69, 9.17) is 0 Å². The van der Waals surface area contributed by atoms with Gasteiger partial charge in [0.25, 0.3) is 0 Å². The highest BCUT2D eigenvalue weighted by Crippen LogP contribution is 2.34. The number of nitrogens with zero attached hydrogens (tertiary/aromatic N) is 4. The van der Waals surface area contributed by atoms with Crippen LogP contribution in [-0.4, -0.2) is 39.9 Å². The minimum Gasteiger partial charge on any atom is -0.404 e. The van der Waals surface area contributed by atoms with Crippen LogP contribution in [0.3, 0.4) is 0 Å². The Bertz CT molecular complexity index is 1170. The quantitative estimate of drug-likeness (QED) is 0.572. The van der Waals surface area contributed by atoms with E-state index < -0.39 is 33.1 Å². The fourth-order valence-corrected chi connectivity index (χ4v) is 5.59. The van der Waals surface area contributed by atoms with Crippen LogP contribution in [0.25, 0.3) is 0 Å². The molecule has 0 N–H and O–H groups in total. The fourth-order valence-electron chi connectivity index (χ4n) is 3.87. The third kappa shape index (κ3) is 4.94. The Hall–Kier alpha value is -2.92. The summed E-state index contributed by atoms with van der Waals surface area (Å²) in [7, 11) is -4.37. The number of para-hydroxylation sites is 1. The lowest BCUT2D eigenvalue weighted by Crippen LogP contribution is -2.43. The molecule has 4 rings (SSSR count). The zero-order valence-corrected chi connectivity index (χ0v) is 17.8. The lowest BCUT2D eigenvalue weighted by atomic mass is 10.0. The Balaban J connectivity index is 1.77. The second-order valence-corrected chi connectivity index (χ2v) is 9.33. The third-order valence-corrected chi connectivity index (χ3v) is 7.25. The predicted molar refractivity (Wildman–Crippen MR) is 109 cm³/mol. The van der Waals surface area contributed by atoms with Crippen molar-refractivity contribution in [2.24, 2.45) is 0 Å². The SMILES string of the molecule is O=S(=O)(c1ccccc1OC(F)(F)F)N1Cc2nncn2CCCC1Cc1ccccc1. The van der Waals surface area contributed by atoms with Gasteiger partial charge in [-0.1, -0.05) is 42.5 Å². The van der Waals surface area contributed by atoms with Gasteiger partial charge in [0.2, 0.25) is 10.0 Å². The van der Waals surface area contributed by atoms with Crippen molar-refractivity contribution in [3.8, 4) is 5.75 Å². The first-order chi connectivity index (χ1) is 15.2. The Morgan fingerprint density at radius 2 is 1.78 bits per heavy atom. The summed E-state index contributed by atoms with van der Waals surface area (Å²) in [6, 6.07) is 13.7. The molecule has 170 valence electrons. The van der Waals surface area contributed by atoms with E-state index in [-0.39, 0.29) is 6.54 Å². The van der Waals surface area contributed by atoms with Gasteiger partial charge >= 0.3 is 6.36 Å². The number of benzene rings is 2.